The number of ether oxygens (including phenoxy) is 1. The highest BCUT2D eigenvalue weighted by atomic mass is 35.5. The van der Waals surface area contributed by atoms with Crippen LogP contribution in [0.15, 0.2) is 18.2 Å². The number of hydrogen-bond donors (Lipinski definition) is 0. The van der Waals surface area contributed by atoms with Crippen molar-refractivity contribution in [1.29, 1.82) is 0 Å². The van der Waals surface area contributed by atoms with Gasteiger partial charge in [0.25, 0.3) is 0 Å². The van der Waals surface area contributed by atoms with E-state index < -0.39 is 0 Å². The average Bonchev–Trinajstić information content (AvgIpc) is 2.91. The second kappa shape index (κ2) is 3.65. The molecule has 80 valence electrons. The van der Waals surface area contributed by atoms with E-state index in [0.29, 0.717) is 18.0 Å². The second-order valence-electron chi connectivity index (χ2n) is 4.12. The molecule has 0 N–H and O–H groups in total. The fraction of sp³-hybridized carbons (Fsp3) is 0.545. The van der Waals surface area contributed by atoms with Crippen LogP contribution in [0.1, 0.15) is 12.1 Å². The molecule has 0 radical (unpaired) electrons. The van der Waals surface area contributed by atoms with Gasteiger partial charge in [-0.1, -0.05) is 6.07 Å². The Morgan fingerprint density at radius 2 is 2.47 bits per heavy atom. The molecule has 3 heterocycles. The van der Waals surface area contributed by atoms with Crippen LogP contribution in [-0.4, -0.2) is 30.3 Å². The van der Waals surface area contributed by atoms with Crippen LogP contribution < -0.4 is 4.90 Å². The summed E-state index contributed by atoms with van der Waals surface area (Å²) in [5.74, 6) is 1.52. The van der Waals surface area contributed by atoms with Crippen molar-refractivity contribution in [2.45, 2.75) is 24.4 Å². The first kappa shape index (κ1) is 9.43. The number of rotatable bonds is 2. The molecule has 3 nitrogen and oxygen atoms in total. The van der Waals surface area contributed by atoms with E-state index in [9.17, 15) is 0 Å². The van der Waals surface area contributed by atoms with E-state index in [0.717, 1.165) is 31.1 Å². The fourth-order valence-corrected chi connectivity index (χ4v) is 2.53. The number of aromatic nitrogens is 1. The van der Waals surface area contributed by atoms with Crippen LogP contribution in [0.4, 0.5) is 5.82 Å². The lowest BCUT2D eigenvalue weighted by molar-refractivity contribution is 0.0989. The molecule has 1 aromatic rings. The monoisotopic (exact) mass is 224 g/mol. The van der Waals surface area contributed by atoms with Gasteiger partial charge in [-0.25, -0.2) is 4.98 Å². The van der Waals surface area contributed by atoms with Crippen molar-refractivity contribution in [3.63, 3.8) is 0 Å². The maximum absolute atomic E-state index is 5.78. The Kier molecular flexibility index (Phi) is 2.29. The zero-order chi connectivity index (χ0) is 10.3. The van der Waals surface area contributed by atoms with Gasteiger partial charge in [0, 0.05) is 6.54 Å². The Hall–Kier alpha value is -0.800. The first-order valence-corrected chi connectivity index (χ1v) is 5.80. The molecule has 2 bridgehead atoms. The molecule has 3 rings (SSSR count). The topological polar surface area (TPSA) is 25.4 Å². The molecular weight excluding hydrogens is 212 g/mol. The minimum absolute atomic E-state index is 0.413. The van der Waals surface area contributed by atoms with Crippen LogP contribution in [0.25, 0.3) is 0 Å². The Labute approximate surface area is 94.0 Å². The summed E-state index contributed by atoms with van der Waals surface area (Å²) >= 11 is 5.78. The lowest BCUT2D eigenvalue weighted by atomic mass is 10.2. The third-order valence-corrected chi connectivity index (χ3v) is 3.40. The molecule has 0 amide bonds. The van der Waals surface area contributed by atoms with Crippen LogP contribution in [-0.2, 0) is 10.6 Å². The van der Waals surface area contributed by atoms with Crippen molar-refractivity contribution in [3.8, 4) is 0 Å². The molecule has 0 aliphatic carbocycles. The van der Waals surface area contributed by atoms with Gasteiger partial charge in [-0.15, -0.1) is 11.6 Å². The van der Waals surface area contributed by atoms with Gasteiger partial charge in [0.2, 0.25) is 0 Å². The van der Waals surface area contributed by atoms with E-state index in [4.69, 9.17) is 16.3 Å². The van der Waals surface area contributed by atoms with Gasteiger partial charge in [-0.2, -0.15) is 0 Å². The van der Waals surface area contributed by atoms with Crippen LogP contribution in [0.2, 0.25) is 0 Å². The van der Waals surface area contributed by atoms with Crippen LogP contribution >= 0.6 is 11.6 Å². The Balaban J connectivity index is 1.86. The summed E-state index contributed by atoms with van der Waals surface area (Å²) in [6.07, 6.45) is 1.56. The van der Waals surface area contributed by atoms with E-state index >= 15 is 0 Å². The molecule has 2 saturated heterocycles. The first-order valence-electron chi connectivity index (χ1n) is 5.27. The average molecular weight is 225 g/mol. The first-order chi connectivity index (χ1) is 7.36. The molecule has 4 heteroatoms. The number of morpholine rings is 1. The highest BCUT2D eigenvalue weighted by molar-refractivity contribution is 6.16. The number of fused-ring (bicyclic) bond motifs is 2. The highest BCUT2D eigenvalue weighted by Gasteiger charge is 2.39. The van der Waals surface area contributed by atoms with Crippen molar-refractivity contribution < 1.29 is 4.74 Å². The molecule has 2 aliphatic rings. The summed E-state index contributed by atoms with van der Waals surface area (Å²) in [7, 11) is 0. The van der Waals surface area contributed by atoms with E-state index in [1.165, 1.54) is 0 Å². The molecule has 0 saturated carbocycles. The summed E-state index contributed by atoms with van der Waals surface area (Å²) in [4.78, 5) is 6.87. The summed E-state index contributed by atoms with van der Waals surface area (Å²) in [6.45, 7) is 1.82. The second-order valence-corrected chi connectivity index (χ2v) is 4.39. The molecule has 1 aromatic heterocycles. The third-order valence-electron chi connectivity index (χ3n) is 3.12. The van der Waals surface area contributed by atoms with E-state index in [-0.39, 0.29) is 0 Å². The number of halogens is 1. The lowest BCUT2D eigenvalue weighted by Gasteiger charge is -2.28. The van der Waals surface area contributed by atoms with Crippen molar-refractivity contribution in [1.82, 2.24) is 4.98 Å². The van der Waals surface area contributed by atoms with Gasteiger partial charge in [-0.3, -0.25) is 0 Å². The molecule has 2 unspecified atom stereocenters. The Morgan fingerprint density at radius 1 is 1.53 bits per heavy atom. The predicted molar refractivity (Wildman–Crippen MR) is 59.3 cm³/mol. The van der Waals surface area contributed by atoms with Gasteiger partial charge < -0.3 is 9.64 Å². The van der Waals surface area contributed by atoms with Crippen molar-refractivity contribution in [2.24, 2.45) is 0 Å². The number of pyridine rings is 1. The number of anilines is 1. The lowest BCUT2D eigenvalue weighted by Crippen LogP contribution is -2.37. The Morgan fingerprint density at radius 3 is 3.13 bits per heavy atom. The summed E-state index contributed by atoms with van der Waals surface area (Å²) in [5, 5.41) is 0. The maximum Gasteiger partial charge on any atom is 0.129 e. The van der Waals surface area contributed by atoms with Crippen molar-refractivity contribution in [3.05, 3.63) is 23.9 Å². The van der Waals surface area contributed by atoms with E-state index in [1.807, 2.05) is 12.1 Å². The zero-order valence-corrected chi connectivity index (χ0v) is 9.15. The van der Waals surface area contributed by atoms with Crippen LogP contribution in [0.3, 0.4) is 0 Å². The molecule has 2 atom stereocenters. The minimum Gasteiger partial charge on any atom is -0.374 e. The fourth-order valence-electron chi connectivity index (χ4n) is 2.38. The zero-order valence-electron chi connectivity index (χ0n) is 8.40. The molecule has 2 fully saturated rings. The predicted octanol–water partition coefficient (Wildman–Crippen LogP) is 1.80. The van der Waals surface area contributed by atoms with Gasteiger partial charge >= 0.3 is 0 Å². The molecule has 0 spiro atoms. The van der Waals surface area contributed by atoms with Gasteiger partial charge in [-0.05, 0) is 18.6 Å². The summed E-state index contributed by atoms with van der Waals surface area (Å²) < 4.78 is 5.56. The molecular formula is C11H13ClN2O. The smallest absolute Gasteiger partial charge is 0.129 e. The highest BCUT2D eigenvalue weighted by Crippen LogP contribution is 2.31. The van der Waals surface area contributed by atoms with Crippen LogP contribution in [0.5, 0.6) is 0 Å². The largest absolute Gasteiger partial charge is 0.374 e. The number of hydrogen-bond acceptors (Lipinski definition) is 3. The minimum atomic E-state index is 0.413. The number of alkyl halides is 1. The van der Waals surface area contributed by atoms with Crippen LogP contribution in [0, 0.1) is 0 Å². The number of nitrogens with zero attached hydrogens (tertiary/aromatic N) is 2. The molecule has 2 aliphatic heterocycles. The standard InChI is InChI=1S/C11H13ClN2O/c12-5-8-2-1-3-11(13-8)14-6-10-4-9(14)7-15-10/h1-3,9-10H,4-7H2. The summed E-state index contributed by atoms with van der Waals surface area (Å²) in [5.41, 5.74) is 0.942. The summed E-state index contributed by atoms with van der Waals surface area (Å²) in [6, 6.07) is 6.55. The normalized spacial score (nSPS) is 28.7. The molecule has 0 aromatic carbocycles. The SMILES string of the molecule is ClCc1cccc(N2CC3CC2CO3)n1. The van der Waals surface area contributed by atoms with E-state index in [2.05, 4.69) is 16.0 Å². The van der Waals surface area contributed by atoms with Gasteiger partial charge in [0.1, 0.15) is 5.82 Å². The third kappa shape index (κ3) is 1.60. The van der Waals surface area contributed by atoms with Gasteiger partial charge in [0.15, 0.2) is 0 Å². The van der Waals surface area contributed by atoms with Crippen molar-refractivity contribution >= 4 is 17.4 Å². The molecule has 15 heavy (non-hydrogen) atoms. The van der Waals surface area contributed by atoms with Gasteiger partial charge in [0.05, 0.1) is 30.3 Å². The Bertz CT molecular complexity index is 371. The van der Waals surface area contributed by atoms with Crippen molar-refractivity contribution in [2.75, 3.05) is 18.1 Å². The van der Waals surface area contributed by atoms with E-state index in [1.54, 1.807) is 0 Å². The quantitative estimate of drug-likeness (QED) is 0.717. The maximum atomic E-state index is 5.78.